The Morgan fingerprint density at radius 2 is 2.28 bits per heavy atom. The van der Waals surface area contributed by atoms with Crippen LogP contribution in [0.4, 0.5) is 10.6 Å². The van der Waals surface area contributed by atoms with Crippen LogP contribution < -0.4 is 4.90 Å². The van der Waals surface area contributed by atoms with Crippen molar-refractivity contribution in [1.29, 1.82) is 0 Å². The lowest BCUT2D eigenvalue weighted by Crippen LogP contribution is -2.54. The van der Waals surface area contributed by atoms with Crippen molar-refractivity contribution in [3.8, 4) is 0 Å². The van der Waals surface area contributed by atoms with Gasteiger partial charge in [-0.25, -0.2) is 9.78 Å². The summed E-state index contributed by atoms with van der Waals surface area (Å²) in [6.07, 6.45) is 0.930. The molecule has 0 radical (unpaired) electrons. The molecule has 1 aromatic heterocycles. The molecule has 98 valence electrons. The molecular weight excluding hydrogens is 298 g/mol. The van der Waals surface area contributed by atoms with Crippen molar-refractivity contribution in [2.45, 2.75) is 19.9 Å². The van der Waals surface area contributed by atoms with Crippen molar-refractivity contribution in [3.63, 3.8) is 0 Å². The van der Waals surface area contributed by atoms with Gasteiger partial charge in [0.15, 0.2) is 0 Å². The van der Waals surface area contributed by atoms with Crippen LogP contribution in [0.3, 0.4) is 0 Å². The third kappa shape index (κ3) is 2.58. The fourth-order valence-corrected chi connectivity index (χ4v) is 2.74. The molecule has 1 saturated heterocycles. The number of aromatic nitrogens is 1. The number of carbonyl (C=O) groups is 1. The average molecular weight is 314 g/mol. The average Bonchev–Trinajstić information content (AvgIpc) is 2.28. The maximum atomic E-state index is 11.0. The van der Waals surface area contributed by atoms with E-state index in [2.05, 4.69) is 25.8 Å². The van der Waals surface area contributed by atoms with Crippen LogP contribution in [0.1, 0.15) is 12.5 Å². The number of rotatable bonds is 1. The first-order valence-corrected chi connectivity index (χ1v) is 6.65. The van der Waals surface area contributed by atoms with Crippen molar-refractivity contribution in [3.05, 3.63) is 22.3 Å². The van der Waals surface area contributed by atoms with Crippen molar-refractivity contribution >= 4 is 27.8 Å². The Labute approximate surface area is 115 Å². The van der Waals surface area contributed by atoms with E-state index < -0.39 is 6.09 Å². The highest BCUT2D eigenvalue weighted by atomic mass is 79.9. The summed E-state index contributed by atoms with van der Waals surface area (Å²) in [5, 5.41) is 9.04. The van der Waals surface area contributed by atoms with Gasteiger partial charge in [-0.05, 0) is 41.4 Å². The minimum atomic E-state index is -0.845. The van der Waals surface area contributed by atoms with Crippen LogP contribution in [-0.2, 0) is 0 Å². The number of pyridine rings is 1. The van der Waals surface area contributed by atoms with Crippen LogP contribution in [0.25, 0.3) is 0 Å². The molecule has 0 unspecified atom stereocenters. The molecule has 0 aliphatic carbocycles. The fourth-order valence-electron chi connectivity index (χ4n) is 2.30. The Kier molecular flexibility index (Phi) is 3.75. The van der Waals surface area contributed by atoms with E-state index in [4.69, 9.17) is 5.11 Å². The Morgan fingerprint density at radius 1 is 1.56 bits per heavy atom. The van der Waals surface area contributed by atoms with Crippen LogP contribution in [0, 0.1) is 6.92 Å². The van der Waals surface area contributed by atoms with E-state index in [9.17, 15) is 4.79 Å². The van der Waals surface area contributed by atoms with Gasteiger partial charge in [0, 0.05) is 36.3 Å². The number of hydrogen-bond acceptors (Lipinski definition) is 3. The third-order valence-corrected chi connectivity index (χ3v) is 3.62. The van der Waals surface area contributed by atoms with Crippen LogP contribution in [-0.4, -0.2) is 46.8 Å². The van der Waals surface area contributed by atoms with Crippen LogP contribution in [0.5, 0.6) is 0 Å². The number of piperazine rings is 1. The lowest BCUT2D eigenvalue weighted by molar-refractivity contribution is 0.122. The SMILES string of the molecule is Cc1cc(Br)cnc1N1CCN(C(=O)O)[C@H](C)C1. The Bertz CT molecular complexity index is 467. The van der Waals surface area contributed by atoms with Gasteiger partial charge >= 0.3 is 6.09 Å². The molecule has 2 heterocycles. The molecular formula is C12H16BrN3O2. The van der Waals surface area contributed by atoms with Gasteiger partial charge in [-0.3, -0.25) is 0 Å². The smallest absolute Gasteiger partial charge is 0.407 e. The van der Waals surface area contributed by atoms with Crippen LogP contribution >= 0.6 is 15.9 Å². The molecule has 1 aliphatic rings. The number of aryl methyl sites for hydroxylation is 1. The van der Waals surface area contributed by atoms with Gasteiger partial charge in [-0.2, -0.15) is 0 Å². The van der Waals surface area contributed by atoms with E-state index in [0.29, 0.717) is 19.6 Å². The zero-order chi connectivity index (χ0) is 13.3. The highest BCUT2D eigenvalue weighted by Crippen LogP contribution is 2.23. The van der Waals surface area contributed by atoms with E-state index in [1.807, 2.05) is 19.9 Å². The van der Waals surface area contributed by atoms with E-state index >= 15 is 0 Å². The summed E-state index contributed by atoms with van der Waals surface area (Å²) in [4.78, 5) is 19.0. The lowest BCUT2D eigenvalue weighted by Gasteiger charge is -2.39. The normalized spacial score (nSPS) is 20.1. The van der Waals surface area contributed by atoms with Crippen molar-refractivity contribution in [1.82, 2.24) is 9.88 Å². The summed E-state index contributed by atoms with van der Waals surface area (Å²) in [5.41, 5.74) is 1.10. The molecule has 1 atom stereocenters. The second-order valence-electron chi connectivity index (χ2n) is 4.57. The highest BCUT2D eigenvalue weighted by Gasteiger charge is 2.28. The first-order chi connectivity index (χ1) is 8.49. The number of anilines is 1. The molecule has 6 heteroatoms. The van der Waals surface area contributed by atoms with Crippen LogP contribution in [0.15, 0.2) is 16.7 Å². The standard InChI is InChI=1S/C12H16BrN3O2/c1-8-5-10(13)6-14-11(8)15-3-4-16(12(17)18)9(2)7-15/h5-6,9H,3-4,7H2,1-2H3,(H,17,18)/t9-/m1/s1. The quantitative estimate of drug-likeness (QED) is 0.864. The molecule has 0 spiro atoms. The molecule has 1 aromatic rings. The summed E-state index contributed by atoms with van der Waals surface area (Å²) < 4.78 is 0.959. The van der Waals surface area contributed by atoms with Crippen LogP contribution in [0.2, 0.25) is 0 Å². The minimum Gasteiger partial charge on any atom is -0.465 e. The molecule has 1 amide bonds. The number of hydrogen-bond donors (Lipinski definition) is 1. The van der Waals surface area contributed by atoms with E-state index in [1.54, 1.807) is 6.20 Å². The Hall–Kier alpha value is -1.30. The topological polar surface area (TPSA) is 56.7 Å². The maximum Gasteiger partial charge on any atom is 0.407 e. The Morgan fingerprint density at radius 3 is 2.83 bits per heavy atom. The van der Waals surface area contributed by atoms with Gasteiger partial charge in [-0.15, -0.1) is 0 Å². The van der Waals surface area contributed by atoms with Gasteiger partial charge in [-0.1, -0.05) is 0 Å². The molecule has 1 aliphatic heterocycles. The molecule has 0 aromatic carbocycles. The fraction of sp³-hybridized carbons (Fsp3) is 0.500. The molecule has 0 bridgehead atoms. The maximum absolute atomic E-state index is 11.0. The predicted octanol–water partition coefficient (Wildman–Crippen LogP) is 2.34. The third-order valence-electron chi connectivity index (χ3n) is 3.19. The van der Waals surface area contributed by atoms with Crippen molar-refractivity contribution in [2.75, 3.05) is 24.5 Å². The highest BCUT2D eigenvalue weighted by molar-refractivity contribution is 9.10. The molecule has 0 saturated carbocycles. The minimum absolute atomic E-state index is 0.0129. The van der Waals surface area contributed by atoms with E-state index in [-0.39, 0.29) is 6.04 Å². The second-order valence-corrected chi connectivity index (χ2v) is 5.48. The van der Waals surface area contributed by atoms with Crippen molar-refractivity contribution < 1.29 is 9.90 Å². The lowest BCUT2D eigenvalue weighted by atomic mass is 10.2. The first kappa shape index (κ1) is 13.1. The second kappa shape index (κ2) is 5.14. The molecule has 5 nitrogen and oxygen atoms in total. The van der Waals surface area contributed by atoms with Gasteiger partial charge in [0.2, 0.25) is 0 Å². The van der Waals surface area contributed by atoms with Gasteiger partial charge in [0.05, 0.1) is 0 Å². The zero-order valence-electron chi connectivity index (χ0n) is 10.4. The molecule has 2 rings (SSSR count). The van der Waals surface area contributed by atoms with Crippen molar-refractivity contribution in [2.24, 2.45) is 0 Å². The zero-order valence-corrected chi connectivity index (χ0v) is 12.0. The summed E-state index contributed by atoms with van der Waals surface area (Å²) in [6.45, 7) is 5.83. The monoisotopic (exact) mass is 313 g/mol. The summed E-state index contributed by atoms with van der Waals surface area (Å²) in [5.74, 6) is 0.940. The molecule has 1 N–H and O–H groups in total. The summed E-state index contributed by atoms with van der Waals surface area (Å²) in [6, 6.07) is 2.01. The predicted molar refractivity (Wildman–Crippen MR) is 73.1 cm³/mol. The number of halogens is 1. The molecule has 18 heavy (non-hydrogen) atoms. The van der Waals surface area contributed by atoms with Gasteiger partial charge < -0.3 is 14.9 Å². The molecule has 1 fully saturated rings. The Balaban J connectivity index is 2.15. The van der Waals surface area contributed by atoms with Gasteiger partial charge in [0.1, 0.15) is 5.82 Å². The first-order valence-electron chi connectivity index (χ1n) is 5.85. The number of carboxylic acid groups (broad SMARTS) is 1. The van der Waals surface area contributed by atoms with Gasteiger partial charge in [0.25, 0.3) is 0 Å². The summed E-state index contributed by atoms with van der Waals surface area (Å²) in [7, 11) is 0. The van der Waals surface area contributed by atoms with E-state index in [1.165, 1.54) is 4.90 Å². The number of amides is 1. The number of nitrogens with zero attached hydrogens (tertiary/aromatic N) is 3. The largest absolute Gasteiger partial charge is 0.465 e. The summed E-state index contributed by atoms with van der Waals surface area (Å²) >= 11 is 3.39. The van der Waals surface area contributed by atoms with E-state index in [0.717, 1.165) is 15.9 Å².